The van der Waals surface area contributed by atoms with Crippen LogP contribution in [0.1, 0.15) is 0 Å². The van der Waals surface area contributed by atoms with E-state index in [2.05, 4.69) is 10.2 Å². The maximum Gasteiger partial charge on any atom is 0.493 e. The second kappa shape index (κ2) is 3.81. The van der Waals surface area contributed by atoms with Crippen LogP contribution in [-0.2, 0) is 9.31 Å². The lowest BCUT2D eigenvalue weighted by Gasteiger charge is -2.07. The van der Waals surface area contributed by atoms with Gasteiger partial charge in [-0.2, -0.15) is 5.10 Å². The summed E-state index contributed by atoms with van der Waals surface area (Å²) in [6.45, 7) is 0. The molecular formula is C9H11BN2O2. The highest BCUT2D eigenvalue weighted by Crippen LogP contribution is 2.07. The molecule has 0 amide bonds. The maximum absolute atomic E-state index is 5.16. The molecule has 0 aliphatic heterocycles. The van der Waals surface area contributed by atoms with Crippen molar-refractivity contribution < 1.29 is 9.31 Å². The molecule has 2 aromatic rings. The third kappa shape index (κ3) is 1.52. The summed E-state index contributed by atoms with van der Waals surface area (Å²) < 4.78 is 10.3. The van der Waals surface area contributed by atoms with E-state index in [9.17, 15) is 0 Å². The first kappa shape index (κ1) is 9.24. The number of hydrogen-bond acceptors (Lipinski definition) is 3. The predicted molar refractivity (Wildman–Crippen MR) is 55.5 cm³/mol. The second-order valence-electron chi connectivity index (χ2n) is 3.02. The van der Waals surface area contributed by atoms with Crippen molar-refractivity contribution in [3.05, 3.63) is 24.4 Å². The molecule has 0 spiro atoms. The van der Waals surface area contributed by atoms with Crippen molar-refractivity contribution in [2.45, 2.75) is 0 Å². The molecular weight excluding hydrogens is 179 g/mol. The highest BCUT2D eigenvalue weighted by molar-refractivity contribution is 6.61. The Balaban J connectivity index is 2.42. The third-order valence-corrected chi connectivity index (χ3v) is 2.16. The normalized spacial score (nSPS) is 10.7. The maximum atomic E-state index is 5.16. The number of benzene rings is 1. The topological polar surface area (TPSA) is 47.1 Å². The van der Waals surface area contributed by atoms with Crippen molar-refractivity contribution in [3.63, 3.8) is 0 Å². The monoisotopic (exact) mass is 190 g/mol. The molecule has 4 nitrogen and oxygen atoms in total. The van der Waals surface area contributed by atoms with Crippen molar-refractivity contribution in [2.75, 3.05) is 14.2 Å². The fraction of sp³-hybridized carbons (Fsp3) is 0.222. The Labute approximate surface area is 82.4 Å². The molecule has 72 valence electrons. The van der Waals surface area contributed by atoms with E-state index in [-0.39, 0.29) is 7.12 Å². The number of fused-ring (bicyclic) bond motifs is 1. The van der Waals surface area contributed by atoms with Crippen molar-refractivity contribution in [3.8, 4) is 0 Å². The van der Waals surface area contributed by atoms with Gasteiger partial charge in [0.05, 0.1) is 11.7 Å². The van der Waals surface area contributed by atoms with Crippen LogP contribution in [0.4, 0.5) is 0 Å². The summed E-state index contributed by atoms with van der Waals surface area (Å²) in [5, 5.41) is 7.89. The van der Waals surface area contributed by atoms with E-state index >= 15 is 0 Å². The Morgan fingerprint density at radius 1 is 1.29 bits per heavy atom. The Hall–Kier alpha value is -1.33. The highest BCUT2D eigenvalue weighted by Gasteiger charge is 2.17. The smallest absolute Gasteiger partial charge is 0.410 e. The minimum atomic E-state index is -0.311. The molecule has 0 saturated carbocycles. The van der Waals surface area contributed by atoms with Gasteiger partial charge in [0, 0.05) is 19.6 Å². The van der Waals surface area contributed by atoms with Crippen LogP contribution in [0.25, 0.3) is 10.9 Å². The first-order valence-corrected chi connectivity index (χ1v) is 4.34. The Bertz CT molecular complexity index is 425. The van der Waals surface area contributed by atoms with Gasteiger partial charge < -0.3 is 9.31 Å². The molecule has 1 N–H and O–H groups in total. The molecule has 0 radical (unpaired) electrons. The summed E-state index contributed by atoms with van der Waals surface area (Å²) in [7, 11) is 2.93. The van der Waals surface area contributed by atoms with Crippen LogP contribution in [0, 0.1) is 0 Å². The molecule has 0 atom stereocenters. The minimum absolute atomic E-state index is 0.311. The molecule has 0 aliphatic rings. The molecule has 0 aliphatic carbocycles. The van der Waals surface area contributed by atoms with Crippen LogP contribution in [0.15, 0.2) is 24.4 Å². The summed E-state index contributed by atoms with van der Waals surface area (Å²) in [5.74, 6) is 0. The van der Waals surface area contributed by atoms with Crippen LogP contribution >= 0.6 is 0 Å². The van der Waals surface area contributed by atoms with Gasteiger partial charge in [0.25, 0.3) is 0 Å². The van der Waals surface area contributed by atoms with Crippen LogP contribution < -0.4 is 5.46 Å². The summed E-state index contributed by atoms with van der Waals surface area (Å²) in [6, 6.07) is 5.91. The van der Waals surface area contributed by atoms with Gasteiger partial charge in [0.15, 0.2) is 0 Å². The summed E-state index contributed by atoms with van der Waals surface area (Å²) in [6.07, 6.45) is 1.78. The Kier molecular flexibility index (Phi) is 2.52. The molecule has 1 aromatic carbocycles. The van der Waals surface area contributed by atoms with E-state index in [0.29, 0.717) is 0 Å². The van der Waals surface area contributed by atoms with Crippen molar-refractivity contribution in [1.29, 1.82) is 0 Å². The highest BCUT2D eigenvalue weighted by atomic mass is 16.6. The molecule has 5 heteroatoms. The van der Waals surface area contributed by atoms with Crippen LogP contribution in [0.3, 0.4) is 0 Å². The van der Waals surface area contributed by atoms with E-state index in [1.54, 1.807) is 20.4 Å². The van der Waals surface area contributed by atoms with Crippen molar-refractivity contribution in [1.82, 2.24) is 10.2 Å². The van der Waals surface area contributed by atoms with Gasteiger partial charge in [0.1, 0.15) is 0 Å². The zero-order chi connectivity index (χ0) is 9.97. The Morgan fingerprint density at radius 2 is 2.07 bits per heavy atom. The standard InChI is InChI=1S/C9H11BN2O2/c1-13-10(14-2)8-3-4-9-7(5-8)6-11-12-9/h3-6H,1-2H3,(H,11,12). The molecule has 0 unspecified atom stereocenters. The quantitative estimate of drug-likeness (QED) is 0.719. The lowest BCUT2D eigenvalue weighted by Crippen LogP contribution is -2.34. The molecule has 0 fully saturated rings. The lowest BCUT2D eigenvalue weighted by molar-refractivity contribution is 0.292. The summed E-state index contributed by atoms with van der Waals surface area (Å²) in [4.78, 5) is 0. The van der Waals surface area contributed by atoms with E-state index < -0.39 is 0 Å². The van der Waals surface area contributed by atoms with Crippen molar-refractivity contribution in [2.24, 2.45) is 0 Å². The van der Waals surface area contributed by atoms with Gasteiger partial charge in [-0.15, -0.1) is 0 Å². The number of hydrogen-bond donors (Lipinski definition) is 1. The van der Waals surface area contributed by atoms with E-state index in [0.717, 1.165) is 16.4 Å². The SMILES string of the molecule is COB(OC)c1ccc2[nH]ncc2c1. The fourth-order valence-electron chi connectivity index (χ4n) is 1.48. The average Bonchev–Trinajstić information content (AvgIpc) is 2.66. The molecule has 14 heavy (non-hydrogen) atoms. The first-order valence-electron chi connectivity index (χ1n) is 4.34. The number of rotatable bonds is 3. The second-order valence-corrected chi connectivity index (χ2v) is 3.02. The lowest BCUT2D eigenvalue weighted by atomic mass is 9.78. The van der Waals surface area contributed by atoms with Gasteiger partial charge in [-0.25, -0.2) is 0 Å². The molecule has 0 bridgehead atoms. The zero-order valence-electron chi connectivity index (χ0n) is 8.15. The first-order chi connectivity index (χ1) is 6.85. The largest absolute Gasteiger partial charge is 0.493 e. The van der Waals surface area contributed by atoms with Crippen LogP contribution in [-0.4, -0.2) is 31.5 Å². The van der Waals surface area contributed by atoms with Crippen LogP contribution in [0.5, 0.6) is 0 Å². The molecule has 1 heterocycles. The number of nitrogens with one attached hydrogen (secondary N) is 1. The predicted octanol–water partition coefficient (Wildman–Crippen LogP) is 0.551. The van der Waals surface area contributed by atoms with Crippen LogP contribution in [0.2, 0.25) is 0 Å². The van der Waals surface area contributed by atoms with Crippen molar-refractivity contribution >= 4 is 23.5 Å². The third-order valence-electron chi connectivity index (χ3n) is 2.16. The fourth-order valence-corrected chi connectivity index (χ4v) is 1.48. The number of aromatic amines is 1. The molecule has 1 aromatic heterocycles. The average molecular weight is 190 g/mol. The van der Waals surface area contributed by atoms with E-state index in [1.165, 1.54) is 0 Å². The molecule has 2 rings (SSSR count). The zero-order valence-corrected chi connectivity index (χ0v) is 8.15. The van der Waals surface area contributed by atoms with E-state index in [4.69, 9.17) is 9.31 Å². The van der Waals surface area contributed by atoms with Gasteiger partial charge in [-0.05, 0) is 11.5 Å². The number of aromatic nitrogens is 2. The Morgan fingerprint density at radius 3 is 2.79 bits per heavy atom. The van der Waals surface area contributed by atoms with E-state index in [1.807, 2.05) is 18.2 Å². The minimum Gasteiger partial charge on any atom is -0.410 e. The number of nitrogens with zero attached hydrogens (tertiary/aromatic N) is 1. The van der Waals surface area contributed by atoms with Gasteiger partial charge in [-0.3, -0.25) is 5.10 Å². The van der Waals surface area contributed by atoms with Gasteiger partial charge in [0.2, 0.25) is 0 Å². The molecule has 0 saturated heterocycles. The van der Waals surface area contributed by atoms with Gasteiger partial charge in [-0.1, -0.05) is 12.1 Å². The van der Waals surface area contributed by atoms with Gasteiger partial charge >= 0.3 is 7.12 Å². The summed E-state index contributed by atoms with van der Waals surface area (Å²) in [5.41, 5.74) is 2.00. The number of H-pyrrole nitrogens is 1. The summed E-state index contributed by atoms with van der Waals surface area (Å²) >= 11 is 0.